The van der Waals surface area contributed by atoms with E-state index in [2.05, 4.69) is 0 Å². The Kier molecular flexibility index (Phi) is 4.94. The van der Waals surface area contributed by atoms with E-state index in [-0.39, 0.29) is 17.6 Å². The van der Waals surface area contributed by atoms with Gasteiger partial charge in [-0.3, -0.25) is 4.79 Å². The molecule has 1 aromatic heterocycles. The number of carbonyl (C=O) groups is 2. The van der Waals surface area contributed by atoms with Crippen molar-refractivity contribution >= 4 is 17.4 Å². The Morgan fingerprint density at radius 2 is 1.86 bits per heavy atom. The Morgan fingerprint density at radius 3 is 2.41 bits per heavy atom. The summed E-state index contributed by atoms with van der Waals surface area (Å²) in [6.45, 7) is 2.77. The Bertz CT molecular complexity index is 980. The van der Waals surface area contributed by atoms with Gasteiger partial charge in [0.2, 0.25) is 5.91 Å². The van der Waals surface area contributed by atoms with E-state index in [0.29, 0.717) is 25.1 Å². The van der Waals surface area contributed by atoms with Gasteiger partial charge in [0.05, 0.1) is 18.1 Å². The highest BCUT2D eigenvalue weighted by molar-refractivity contribution is 6.06. The maximum Gasteiger partial charge on any atom is 0.352 e. The van der Waals surface area contributed by atoms with Gasteiger partial charge >= 0.3 is 5.97 Å². The maximum atomic E-state index is 12.3. The maximum absolute atomic E-state index is 12.3. The minimum Gasteiger partial charge on any atom is -0.477 e. The van der Waals surface area contributed by atoms with Crippen LogP contribution in [-0.4, -0.2) is 39.1 Å². The van der Waals surface area contributed by atoms with Crippen molar-refractivity contribution < 1.29 is 24.4 Å². The molecule has 2 aromatic rings. The summed E-state index contributed by atoms with van der Waals surface area (Å²) in [6.07, 6.45) is 3.61. The quantitative estimate of drug-likeness (QED) is 0.498. The number of rotatable bonds is 6. The molecule has 7 nitrogen and oxygen atoms in total. The van der Waals surface area contributed by atoms with E-state index in [9.17, 15) is 19.8 Å². The number of nitrogens with two attached hydrogens (primary N) is 1. The zero-order chi connectivity index (χ0) is 20.7. The smallest absolute Gasteiger partial charge is 0.352 e. The van der Waals surface area contributed by atoms with Crippen molar-refractivity contribution in [1.82, 2.24) is 4.90 Å². The SMILES string of the molecule is C[C@@H](O)[C@H]1C(=O)N2C(C(=O)O)=C(c3ccc(C[n+]4ccc(CN)cc4)cc3)C[C@H]12. The highest BCUT2D eigenvalue weighted by Crippen LogP contribution is 2.46. The number of carboxylic acid groups (broad SMARTS) is 1. The number of fused-ring (bicyclic) bond motifs is 1. The van der Waals surface area contributed by atoms with E-state index < -0.39 is 18.0 Å². The average Bonchev–Trinajstić information content (AvgIpc) is 3.04. The second kappa shape index (κ2) is 7.42. The number of aliphatic hydroxyl groups is 1. The Hall–Kier alpha value is -3.03. The molecule has 3 atom stereocenters. The summed E-state index contributed by atoms with van der Waals surface area (Å²) in [5.74, 6) is -1.96. The molecule has 1 saturated heterocycles. The third-order valence-corrected chi connectivity index (χ3v) is 5.79. The number of nitrogens with zero attached hydrogens (tertiary/aromatic N) is 2. The van der Waals surface area contributed by atoms with Crippen LogP contribution >= 0.6 is 0 Å². The molecule has 0 bridgehead atoms. The lowest BCUT2D eigenvalue weighted by atomic mass is 9.82. The molecule has 4 rings (SSSR count). The third-order valence-electron chi connectivity index (χ3n) is 5.79. The Labute approximate surface area is 168 Å². The van der Waals surface area contributed by atoms with Crippen LogP contribution in [0.4, 0.5) is 0 Å². The fraction of sp³-hybridized carbons (Fsp3) is 0.318. The van der Waals surface area contributed by atoms with Crippen molar-refractivity contribution in [3.05, 3.63) is 71.2 Å². The lowest BCUT2D eigenvalue weighted by molar-refractivity contribution is -0.688. The summed E-state index contributed by atoms with van der Waals surface area (Å²) in [7, 11) is 0. The average molecular weight is 394 g/mol. The number of aliphatic hydroxyl groups excluding tert-OH is 1. The summed E-state index contributed by atoms with van der Waals surface area (Å²) < 4.78 is 2.05. The first-order valence-electron chi connectivity index (χ1n) is 9.65. The molecule has 1 fully saturated rings. The van der Waals surface area contributed by atoms with Gasteiger partial charge in [-0.05, 0) is 30.0 Å². The van der Waals surface area contributed by atoms with Crippen LogP contribution in [0.15, 0.2) is 54.5 Å². The zero-order valence-corrected chi connectivity index (χ0v) is 16.2. The van der Waals surface area contributed by atoms with Gasteiger partial charge in [-0.2, -0.15) is 0 Å². The molecular weight excluding hydrogens is 370 g/mol. The van der Waals surface area contributed by atoms with Crippen LogP contribution in [-0.2, 0) is 22.7 Å². The van der Waals surface area contributed by atoms with Gasteiger partial charge in [0.1, 0.15) is 5.70 Å². The van der Waals surface area contributed by atoms with Gasteiger partial charge in [-0.25, -0.2) is 9.36 Å². The van der Waals surface area contributed by atoms with E-state index in [1.165, 1.54) is 4.90 Å². The van der Waals surface area contributed by atoms with E-state index >= 15 is 0 Å². The number of β-lactam (4-membered cyclic amide) rings is 1. The summed E-state index contributed by atoms with van der Waals surface area (Å²) in [5, 5.41) is 19.5. The number of benzene rings is 1. The molecule has 2 aliphatic rings. The molecule has 4 N–H and O–H groups in total. The van der Waals surface area contributed by atoms with Gasteiger partial charge in [0, 0.05) is 24.2 Å². The van der Waals surface area contributed by atoms with Crippen LogP contribution in [0.3, 0.4) is 0 Å². The number of hydrogen-bond donors (Lipinski definition) is 3. The molecule has 1 amide bonds. The predicted molar refractivity (Wildman–Crippen MR) is 105 cm³/mol. The number of carboxylic acids is 1. The first-order chi connectivity index (χ1) is 13.9. The standard InChI is InChI=1S/C22H23N3O4/c1-13(26)19-18-10-17(20(22(28)29)25(18)21(19)27)16-4-2-15(3-5-16)12-24-8-6-14(11-23)7-9-24/h2-9,13,18-19,26H,10-12,23H2,1H3/p+1/t13-,18-,19-/m1/s1. The van der Waals surface area contributed by atoms with Crippen molar-refractivity contribution in [3.8, 4) is 0 Å². The second-order valence-electron chi connectivity index (χ2n) is 7.66. The molecule has 0 aliphatic carbocycles. The third kappa shape index (κ3) is 3.32. The number of hydrogen-bond acceptors (Lipinski definition) is 4. The molecule has 0 radical (unpaired) electrons. The normalized spacial score (nSPS) is 21.8. The molecule has 0 spiro atoms. The topological polar surface area (TPSA) is 108 Å². The monoisotopic (exact) mass is 394 g/mol. The van der Waals surface area contributed by atoms with Gasteiger partial charge in [0.25, 0.3) is 0 Å². The molecule has 0 unspecified atom stereocenters. The fourth-order valence-electron chi connectivity index (χ4n) is 4.28. The van der Waals surface area contributed by atoms with Crippen LogP contribution in [0.5, 0.6) is 0 Å². The highest BCUT2D eigenvalue weighted by Gasteiger charge is 2.56. The first kappa shape index (κ1) is 19.3. The molecule has 150 valence electrons. The molecule has 2 aliphatic heterocycles. The van der Waals surface area contributed by atoms with Crippen molar-refractivity contribution in [2.24, 2.45) is 11.7 Å². The molecule has 3 heterocycles. The highest BCUT2D eigenvalue weighted by atomic mass is 16.4. The predicted octanol–water partition coefficient (Wildman–Crippen LogP) is 0.888. The Morgan fingerprint density at radius 1 is 1.21 bits per heavy atom. The van der Waals surface area contributed by atoms with Gasteiger partial charge in [-0.1, -0.05) is 24.3 Å². The zero-order valence-electron chi connectivity index (χ0n) is 16.2. The van der Waals surface area contributed by atoms with Crippen LogP contribution < -0.4 is 10.3 Å². The number of aliphatic carboxylic acids is 1. The largest absolute Gasteiger partial charge is 0.477 e. The van der Waals surface area contributed by atoms with Crippen molar-refractivity contribution in [3.63, 3.8) is 0 Å². The molecule has 0 saturated carbocycles. The van der Waals surface area contributed by atoms with Crippen LogP contribution in [0.25, 0.3) is 5.57 Å². The molecule has 1 aromatic carbocycles. The fourth-order valence-corrected chi connectivity index (χ4v) is 4.28. The summed E-state index contributed by atoms with van der Waals surface area (Å²) >= 11 is 0. The van der Waals surface area contributed by atoms with Gasteiger partial charge in [0.15, 0.2) is 18.9 Å². The number of pyridine rings is 1. The summed E-state index contributed by atoms with van der Waals surface area (Å²) in [6, 6.07) is 11.4. The van der Waals surface area contributed by atoms with Crippen LogP contribution in [0.2, 0.25) is 0 Å². The van der Waals surface area contributed by atoms with E-state index in [1.54, 1.807) is 6.92 Å². The number of aromatic nitrogens is 1. The summed E-state index contributed by atoms with van der Waals surface area (Å²) in [4.78, 5) is 25.5. The van der Waals surface area contributed by atoms with Gasteiger partial charge in [-0.15, -0.1) is 0 Å². The molecule has 29 heavy (non-hydrogen) atoms. The van der Waals surface area contributed by atoms with Gasteiger partial charge < -0.3 is 20.8 Å². The minimum atomic E-state index is -1.11. The number of amides is 1. The number of carbonyl (C=O) groups excluding carboxylic acids is 1. The van der Waals surface area contributed by atoms with Crippen molar-refractivity contribution in [2.45, 2.75) is 38.6 Å². The molecular formula is C22H24N3O4+. The van der Waals surface area contributed by atoms with Crippen molar-refractivity contribution in [1.29, 1.82) is 0 Å². The Balaban J connectivity index is 1.56. The van der Waals surface area contributed by atoms with E-state index in [4.69, 9.17) is 5.73 Å². The summed E-state index contributed by atoms with van der Waals surface area (Å²) in [5.41, 5.74) is 9.25. The second-order valence-corrected chi connectivity index (χ2v) is 7.66. The van der Waals surface area contributed by atoms with Crippen molar-refractivity contribution in [2.75, 3.05) is 0 Å². The lowest BCUT2D eigenvalue weighted by Gasteiger charge is -2.44. The molecule has 7 heteroatoms. The minimum absolute atomic E-state index is 0.0383. The van der Waals surface area contributed by atoms with Crippen LogP contribution in [0, 0.1) is 5.92 Å². The first-order valence-corrected chi connectivity index (χ1v) is 9.65. The van der Waals surface area contributed by atoms with Crippen LogP contribution in [0.1, 0.15) is 30.0 Å². The van der Waals surface area contributed by atoms with E-state index in [0.717, 1.165) is 16.7 Å². The van der Waals surface area contributed by atoms with E-state index in [1.807, 2.05) is 53.4 Å². The lowest BCUT2D eigenvalue weighted by Crippen LogP contribution is -2.61.